The summed E-state index contributed by atoms with van der Waals surface area (Å²) in [6.07, 6.45) is 6.67. The van der Waals surface area contributed by atoms with Crippen molar-refractivity contribution in [3.8, 4) is 22.9 Å². The van der Waals surface area contributed by atoms with Gasteiger partial charge in [-0.1, -0.05) is 23.2 Å². The number of benzene rings is 1. The van der Waals surface area contributed by atoms with Crippen molar-refractivity contribution in [2.45, 2.75) is 31.6 Å². The predicted octanol–water partition coefficient (Wildman–Crippen LogP) is 4.96. The average Bonchev–Trinajstić information content (AvgIpc) is 3.87. The monoisotopic (exact) mass is 610 g/mol. The van der Waals surface area contributed by atoms with Crippen LogP contribution in [0.4, 0.5) is 5.95 Å². The van der Waals surface area contributed by atoms with Gasteiger partial charge in [0.25, 0.3) is 0 Å². The maximum atomic E-state index is 10.4. The molecule has 1 aliphatic carbocycles. The molecule has 1 saturated carbocycles. The smallest absolute Gasteiger partial charge is 0.225 e. The highest BCUT2D eigenvalue weighted by molar-refractivity contribution is 6.35. The Morgan fingerprint density at radius 3 is 2.36 bits per heavy atom. The fourth-order valence-electron chi connectivity index (χ4n) is 6.80. The molecular formula is C31H36Cl2N6O3. The van der Waals surface area contributed by atoms with E-state index in [1.165, 1.54) is 0 Å². The van der Waals surface area contributed by atoms with Crippen molar-refractivity contribution < 1.29 is 14.6 Å². The number of hydrogen-bond acceptors (Lipinski definition) is 9. The van der Waals surface area contributed by atoms with Gasteiger partial charge in [0, 0.05) is 53.8 Å². The zero-order valence-corrected chi connectivity index (χ0v) is 25.3. The molecule has 1 N–H and O–H groups in total. The second-order valence-corrected chi connectivity index (χ2v) is 13.0. The lowest BCUT2D eigenvalue weighted by molar-refractivity contribution is 0.00515. The fourth-order valence-corrected chi connectivity index (χ4v) is 7.33. The van der Waals surface area contributed by atoms with Gasteiger partial charge >= 0.3 is 0 Å². The largest absolute Gasteiger partial charge is 0.436 e. The second kappa shape index (κ2) is 11.5. The van der Waals surface area contributed by atoms with Gasteiger partial charge in [0.15, 0.2) is 11.5 Å². The van der Waals surface area contributed by atoms with Gasteiger partial charge in [0.2, 0.25) is 11.8 Å². The highest BCUT2D eigenvalue weighted by atomic mass is 35.5. The van der Waals surface area contributed by atoms with Crippen LogP contribution in [-0.2, 0) is 11.3 Å². The van der Waals surface area contributed by atoms with Crippen molar-refractivity contribution in [2.75, 3.05) is 57.8 Å². The zero-order chi connectivity index (χ0) is 28.8. The van der Waals surface area contributed by atoms with E-state index in [2.05, 4.69) is 37.8 Å². The topological polar surface area (TPSA) is 90.4 Å². The molecule has 42 heavy (non-hydrogen) atoms. The molecule has 0 amide bonds. The molecule has 1 aromatic carbocycles. The van der Waals surface area contributed by atoms with Gasteiger partial charge in [-0.3, -0.25) is 4.90 Å². The highest BCUT2D eigenvalue weighted by Gasteiger charge is 2.66. The van der Waals surface area contributed by atoms with E-state index in [9.17, 15) is 5.11 Å². The highest BCUT2D eigenvalue weighted by Crippen LogP contribution is 2.61. The average molecular weight is 612 g/mol. The predicted molar refractivity (Wildman–Crippen MR) is 162 cm³/mol. The number of anilines is 1. The third-order valence-electron chi connectivity index (χ3n) is 9.12. The number of likely N-dealkylation sites (tertiary alicyclic amines) is 1. The molecule has 4 fully saturated rings. The standard InChI is InChI=1S/C31H36Cl2N6O3/c1-37-5-2-6-39(10-9-37)30-34-16-24(17-35-30)42-28-12-20(11-27(36-28)21-13-22(32)15-23(33)14-21)18-38-7-3-25-26(4-8-38)29(25)31(40)19-41-31/h11-17,25-26,29,40H,2-10,18-19H2,1H3/t25-,26+,29?,31?. The number of aliphatic hydroxyl groups is 1. The van der Waals surface area contributed by atoms with Crippen LogP contribution in [0.25, 0.3) is 11.3 Å². The summed E-state index contributed by atoms with van der Waals surface area (Å²) in [6.45, 7) is 7.13. The number of hydrogen-bond donors (Lipinski definition) is 1. The molecule has 0 radical (unpaired) electrons. The van der Waals surface area contributed by atoms with Crippen molar-refractivity contribution in [1.82, 2.24) is 24.8 Å². The van der Waals surface area contributed by atoms with Gasteiger partial charge in [-0.25, -0.2) is 15.0 Å². The van der Waals surface area contributed by atoms with Crippen molar-refractivity contribution in [3.05, 3.63) is 58.3 Å². The van der Waals surface area contributed by atoms with E-state index in [0.717, 1.165) is 87.8 Å². The number of likely N-dealkylation sites (N-methyl/N-ethyl adjacent to an activating group) is 1. The molecule has 0 spiro atoms. The Labute approximate surface area is 256 Å². The maximum absolute atomic E-state index is 10.4. The van der Waals surface area contributed by atoms with Crippen LogP contribution < -0.4 is 9.64 Å². The molecule has 222 valence electrons. The minimum atomic E-state index is -0.840. The Morgan fingerprint density at radius 1 is 0.952 bits per heavy atom. The number of halogens is 2. The Kier molecular flexibility index (Phi) is 7.75. The van der Waals surface area contributed by atoms with Crippen molar-refractivity contribution >= 4 is 29.2 Å². The molecular weight excluding hydrogens is 575 g/mol. The lowest BCUT2D eigenvalue weighted by Crippen LogP contribution is -2.30. The number of fused-ring (bicyclic) bond motifs is 1. The lowest BCUT2D eigenvalue weighted by atomic mass is 10.1. The van der Waals surface area contributed by atoms with E-state index in [1.807, 2.05) is 18.2 Å². The Bertz CT molecular complexity index is 1400. The molecule has 4 atom stereocenters. The number of pyridine rings is 1. The van der Waals surface area contributed by atoms with E-state index in [-0.39, 0.29) is 0 Å². The van der Waals surface area contributed by atoms with Gasteiger partial charge in [-0.05, 0) is 87.6 Å². The minimum Gasteiger partial charge on any atom is -0.436 e. The van der Waals surface area contributed by atoms with E-state index in [0.29, 0.717) is 46.0 Å². The van der Waals surface area contributed by atoms with Crippen LogP contribution in [0.5, 0.6) is 11.6 Å². The third kappa shape index (κ3) is 6.23. The van der Waals surface area contributed by atoms with Crippen LogP contribution in [-0.4, -0.2) is 88.6 Å². The Balaban J connectivity index is 1.09. The van der Waals surface area contributed by atoms with Gasteiger partial charge in [-0.15, -0.1) is 0 Å². The van der Waals surface area contributed by atoms with Gasteiger partial charge in [0.1, 0.15) is 6.61 Å². The molecule has 2 unspecified atom stereocenters. The van der Waals surface area contributed by atoms with E-state index in [1.54, 1.807) is 18.5 Å². The van der Waals surface area contributed by atoms with E-state index >= 15 is 0 Å². The summed E-state index contributed by atoms with van der Waals surface area (Å²) in [5.41, 5.74) is 2.66. The molecule has 0 bridgehead atoms. The molecule has 4 aliphatic rings. The number of aromatic nitrogens is 3. The van der Waals surface area contributed by atoms with Crippen LogP contribution >= 0.6 is 23.2 Å². The zero-order valence-electron chi connectivity index (χ0n) is 23.8. The number of rotatable bonds is 7. The minimum absolute atomic E-state index is 0.314. The first kappa shape index (κ1) is 28.3. The van der Waals surface area contributed by atoms with Crippen molar-refractivity contribution in [3.63, 3.8) is 0 Å². The summed E-state index contributed by atoms with van der Waals surface area (Å²) in [5.74, 6) is 2.31. The summed E-state index contributed by atoms with van der Waals surface area (Å²) >= 11 is 12.7. The quantitative estimate of drug-likeness (QED) is 0.373. The molecule has 5 heterocycles. The van der Waals surface area contributed by atoms with Gasteiger partial charge in [0.05, 0.1) is 18.1 Å². The van der Waals surface area contributed by atoms with Crippen molar-refractivity contribution in [2.24, 2.45) is 17.8 Å². The molecule has 9 nitrogen and oxygen atoms in total. The summed E-state index contributed by atoms with van der Waals surface area (Å²) < 4.78 is 11.6. The molecule has 3 saturated heterocycles. The first-order chi connectivity index (χ1) is 20.3. The Morgan fingerprint density at radius 2 is 1.67 bits per heavy atom. The normalized spacial score (nSPS) is 28.1. The first-order valence-corrected chi connectivity index (χ1v) is 15.6. The van der Waals surface area contributed by atoms with Crippen LogP contribution in [0.2, 0.25) is 10.0 Å². The van der Waals surface area contributed by atoms with E-state index in [4.69, 9.17) is 37.7 Å². The third-order valence-corrected chi connectivity index (χ3v) is 9.55. The molecule has 2 aromatic heterocycles. The SMILES string of the molecule is CN1CCCN(c2ncc(Oc3cc(CN4CC[C@@H]5C(C6(O)CO6)[C@@H]5CC4)cc(-c4cc(Cl)cc(Cl)c4)n3)cn2)CC1. The second-order valence-electron chi connectivity index (χ2n) is 12.2. The maximum Gasteiger partial charge on any atom is 0.225 e. The summed E-state index contributed by atoms with van der Waals surface area (Å²) in [7, 11) is 2.15. The number of ether oxygens (including phenoxy) is 2. The van der Waals surface area contributed by atoms with E-state index < -0.39 is 5.79 Å². The Hall–Kier alpha value is -2.53. The van der Waals surface area contributed by atoms with Gasteiger partial charge in [-0.2, -0.15) is 0 Å². The van der Waals surface area contributed by atoms with Crippen LogP contribution in [0.1, 0.15) is 24.8 Å². The molecule has 11 heteroatoms. The molecule has 7 rings (SSSR count). The summed E-state index contributed by atoms with van der Waals surface area (Å²) in [6, 6.07) is 9.52. The fraction of sp³-hybridized carbons (Fsp3) is 0.516. The lowest BCUT2D eigenvalue weighted by Gasteiger charge is -2.22. The molecule has 3 aromatic rings. The van der Waals surface area contributed by atoms with Crippen LogP contribution in [0.3, 0.4) is 0 Å². The van der Waals surface area contributed by atoms with Crippen LogP contribution in [0.15, 0.2) is 42.7 Å². The first-order valence-electron chi connectivity index (χ1n) is 14.8. The number of epoxide rings is 1. The summed E-state index contributed by atoms with van der Waals surface area (Å²) in [5, 5.41) is 11.5. The van der Waals surface area contributed by atoms with Crippen LogP contribution in [0, 0.1) is 17.8 Å². The van der Waals surface area contributed by atoms with Gasteiger partial charge < -0.3 is 24.4 Å². The van der Waals surface area contributed by atoms with Crippen molar-refractivity contribution in [1.29, 1.82) is 0 Å². The number of nitrogens with zero attached hydrogens (tertiary/aromatic N) is 6. The molecule has 3 aliphatic heterocycles. The summed E-state index contributed by atoms with van der Waals surface area (Å²) in [4.78, 5) is 21.1.